The SMILES string of the molecule is CC(c1ccccc1)n1nc(-c2ccccc2)c2cc([N+](=O)[O-])ccc21. The van der Waals surface area contributed by atoms with Gasteiger partial charge in [0.2, 0.25) is 0 Å². The topological polar surface area (TPSA) is 61.0 Å². The van der Waals surface area contributed by atoms with Gasteiger partial charge >= 0.3 is 0 Å². The molecule has 0 aliphatic heterocycles. The minimum absolute atomic E-state index is 0.0117. The molecule has 1 unspecified atom stereocenters. The average Bonchev–Trinajstić information content (AvgIpc) is 3.07. The van der Waals surface area contributed by atoms with Crippen molar-refractivity contribution in [1.29, 1.82) is 0 Å². The lowest BCUT2D eigenvalue weighted by Gasteiger charge is -2.13. The van der Waals surface area contributed by atoms with Crippen LogP contribution in [0.5, 0.6) is 0 Å². The summed E-state index contributed by atoms with van der Waals surface area (Å²) in [6.45, 7) is 2.08. The molecule has 0 bridgehead atoms. The summed E-state index contributed by atoms with van der Waals surface area (Å²) in [7, 11) is 0. The van der Waals surface area contributed by atoms with Crippen molar-refractivity contribution in [2.75, 3.05) is 0 Å². The summed E-state index contributed by atoms with van der Waals surface area (Å²) < 4.78 is 1.94. The summed E-state index contributed by atoms with van der Waals surface area (Å²) in [6.07, 6.45) is 0. The Morgan fingerprint density at radius 2 is 1.62 bits per heavy atom. The first-order valence-electron chi connectivity index (χ1n) is 8.42. The van der Waals surface area contributed by atoms with E-state index < -0.39 is 0 Å². The normalized spacial score (nSPS) is 12.2. The number of hydrogen-bond donors (Lipinski definition) is 0. The van der Waals surface area contributed by atoms with Crippen LogP contribution in [0.1, 0.15) is 18.5 Å². The first kappa shape index (κ1) is 16.0. The Labute approximate surface area is 150 Å². The number of hydrogen-bond acceptors (Lipinski definition) is 3. The predicted molar refractivity (Wildman–Crippen MR) is 102 cm³/mol. The Bertz CT molecular complexity index is 1070. The second-order valence-electron chi connectivity index (χ2n) is 6.20. The fraction of sp³-hybridized carbons (Fsp3) is 0.0952. The van der Waals surface area contributed by atoms with Crippen LogP contribution in [0, 0.1) is 10.1 Å². The van der Waals surface area contributed by atoms with Crippen LogP contribution in [-0.2, 0) is 0 Å². The molecule has 5 heteroatoms. The van der Waals surface area contributed by atoms with Crippen molar-refractivity contribution in [2.24, 2.45) is 0 Å². The molecule has 0 saturated carbocycles. The van der Waals surface area contributed by atoms with Crippen molar-refractivity contribution in [2.45, 2.75) is 13.0 Å². The number of aromatic nitrogens is 2. The monoisotopic (exact) mass is 343 g/mol. The molecule has 128 valence electrons. The third-order valence-electron chi connectivity index (χ3n) is 4.60. The Balaban J connectivity index is 1.96. The van der Waals surface area contributed by atoms with Crippen LogP contribution in [0.25, 0.3) is 22.2 Å². The van der Waals surface area contributed by atoms with E-state index in [1.54, 1.807) is 12.1 Å². The number of nitro benzene ring substituents is 1. The maximum absolute atomic E-state index is 11.2. The van der Waals surface area contributed by atoms with E-state index >= 15 is 0 Å². The molecule has 0 aliphatic carbocycles. The predicted octanol–water partition coefficient (Wildman–Crippen LogP) is 5.22. The summed E-state index contributed by atoms with van der Waals surface area (Å²) >= 11 is 0. The summed E-state index contributed by atoms with van der Waals surface area (Å²) in [4.78, 5) is 10.9. The van der Waals surface area contributed by atoms with Gasteiger partial charge in [0.05, 0.1) is 16.5 Å². The Hall–Kier alpha value is -3.47. The van der Waals surface area contributed by atoms with E-state index in [9.17, 15) is 10.1 Å². The molecular weight excluding hydrogens is 326 g/mol. The number of non-ortho nitro benzene ring substituents is 1. The molecule has 0 fully saturated rings. The maximum atomic E-state index is 11.2. The van der Waals surface area contributed by atoms with E-state index in [4.69, 9.17) is 5.10 Å². The van der Waals surface area contributed by atoms with Crippen molar-refractivity contribution >= 4 is 16.6 Å². The lowest BCUT2D eigenvalue weighted by atomic mass is 10.1. The van der Waals surface area contributed by atoms with Gasteiger partial charge < -0.3 is 0 Å². The molecule has 26 heavy (non-hydrogen) atoms. The quantitative estimate of drug-likeness (QED) is 0.377. The molecule has 4 rings (SSSR count). The van der Waals surface area contributed by atoms with E-state index in [2.05, 4.69) is 19.1 Å². The van der Waals surface area contributed by atoms with Crippen LogP contribution in [0.2, 0.25) is 0 Å². The molecule has 0 spiro atoms. The number of nitro groups is 1. The minimum atomic E-state index is -0.369. The molecule has 1 aromatic heterocycles. The van der Waals surface area contributed by atoms with E-state index in [0.29, 0.717) is 0 Å². The van der Waals surface area contributed by atoms with E-state index in [1.165, 1.54) is 6.07 Å². The van der Waals surface area contributed by atoms with Crippen molar-refractivity contribution in [1.82, 2.24) is 9.78 Å². The van der Waals surface area contributed by atoms with Gasteiger partial charge in [-0.25, -0.2) is 0 Å². The van der Waals surface area contributed by atoms with Crippen LogP contribution in [0.15, 0.2) is 78.9 Å². The third-order valence-corrected chi connectivity index (χ3v) is 4.60. The van der Waals surface area contributed by atoms with E-state index in [1.807, 2.05) is 53.2 Å². The van der Waals surface area contributed by atoms with Crippen LogP contribution >= 0.6 is 0 Å². The van der Waals surface area contributed by atoms with Crippen molar-refractivity contribution in [3.8, 4) is 11.3 Å². The zero-order valence-electron chi connectivity index (χ0n) is 14.2. The highest BCUT2D eigenvalue weighted by Gasteiger charge is 2.19. The smallest absolute Gasteiger partial charge is 0.258 e. The lowest BCUT2D eigenvalue weighted by molar-refractivity contribution is -0.384. The highest BCUT2D eigenvalue weighted by Crippen LogP contribution is 2.33. The Morgan fingerprint density at radius 3 is 2.27 bits per heavy atom. The summed E-state index contributed by atoms with van der Waals surface area (Å²) in [5.41, 5.74) is 3.78. The largest absolute Gasteiger partial charge is 0.270 e. The van der Waals surface area contributed by atoms with Gasteiger partial charge in [0, 0.05) is 23.1 Å². The first-order chi connectivity index (χ1) is 12.6. The summed E-state index contributed by atoms with van der Waals surface area (Å²) in [5, 5.41) is 16.8. The molecule has 0 saturated heterocycles. The fourth-order valence-corrected chi connectivity index (χ4v) is 3.22. The van der Waals surface area contributed by atoms with Crippen LogP contribution in [0.3, 0.4) is 0 Å². The molecule has 1 atom stereocenters. The highest BCUT2D eigenvalue weighted by molar-refractivity contribution is 5.94. The highest BCUT2D eigenvalue weighted by atomic mass is 16.6. The van der Waals surface area contributed by atoms with Gasteiger partial charge in [-0.1, -0.05) is 60.7 Å². The molecule has 5 nitrogen and oxygen atoms in total. The maximum Gasteiger partial charge on any atom is 0.270 e. The van der Waals surface area contributed by atoms with Crippen LogP contribution < -0.4 is 0 Å². The Morgan fingerprint density at radius 1 is 0.962 bits per heavy atom. The van der Waals surface area contributed by atoms with Gasteiger partial charge in [0.25, 0.3) is 5.69 Å². The minimum Gasteiger partial charge on any atom is -0.258 e. The van der Waals surface area contributed by atoms with Gasteiger partial charge in [-0.3, -0.25) is 14.8 Å². The molecule has 1 heterocycles. The van der Waals surface area contributed by atoms with Gasteiger partial charge in [0.15, 0.2) is 0 Å². The average molecular weight is 343 g/mol. The zero-order valence-corrected chi connectivity index (χ0v) is 14.2. The number of nitrogens with zero attached hydrogens (tertiary/aromatic N) is 3. The van der Waals surface area contributed by atoms with Crippen molar-refractivity contribution < 1.29 is 4.92 Å². The van der Waals surface area contributed by atoms with E-state index in [-0.39, 0.29) is 16.7 Å². The van der Waals surface area contributed by atoms with Gasteiger partial charge in [0.1, 0.15) is 5.69 Å². The Kier molecular flexibility index (Phi) is 3.97. The van der Waals surface area contributed by atoms with Gasteiger partial charge in [-0.05, 0) is 18.6 Å². The molecule has 3 aromatic carbocycles. The van der Waals surface area contributed by atoms with Gasteiger partial charge in [-0.2, -0.15) is 5.10 Å². The van der Waals surface area contributed by atoms with Crippen LogP contribution in [0.4, 0.5) is 5.69 Å². The number of fused-ring (bicyclic) bond motifs is 1. The lowest BCUT2D eigenvalue weighted by Crippen LogP contribution is -2.08. The number of benzene rings is 3. The van der Waals surface area contributed by atoms with Gasteiger partial charge in [-0.15, -0.1) is 0 Å². The summed E-state index contributed by atoms with van der Waals surface area (Å²) in [5.74, 6) is 0. The molecule has 4 aromatic rings. The summed E-state index contributed by atoms with van der Waals surface area (Å²) in [6, 6.07) is 24.8. The third kappa shape index (κ3) is 2.73. The van der Waals surface area contributed by atoms with Crippen molar-refractivity contribution in [3.05, 3.63) is 94.5 Å². The first-order valence-corrected chi connectivity index (χ1v) is 8.42. The molecule has 0 radical (unpaired) electrons. The molecule has 0 aliphatic rings. The second kappa shape index (κ2) is 6.44. The standard InChI is InChI=1S/C21H17N3O2/c1-15(16-8-4-2-5-9-16)23-20-13-12-18(24(25)26)14-19(20)21(22-23)17-10-6-3-7-11-17/h2-15H,1H3. The van der Waals surface area contributed by atoms with E-state index in [0.717, 1.165) is 27.7 Å². The fourth-order valence-electron chi connectivity index (χ4n) is 3.22. The second-order valence-corrected chi connectivity index (χ2v) is 6.20. The molecule has 0 amide bonds. The van der Waals surface area contributed by atoms with Crippen LogP contribution in [-0.4, -0.2) is 14.7 Å². The molecule has 0 N–H and O–H groups in total. The van der Waals surface area contributed by atoms with Crippen molar-refractivity contribution in [3.63, 3.8) is 0 Å². The zero-order chi connectivity index (χ0) is 18.1. The number of rotatable bonds is 4. The molecular formula is C21H17N3O2.